The highest BCUT2D eigenvalue weighted by Gasteiger charge is 2.27. The van der Waals surface area contributed by atoms with Gasteiger partial charge in [-0.3, -0.25) is 0 Å². The van der Waals surface area contributed by atoms with Gasteiger partial charge < -0.3 is 9.47 Å². The van der Waals surface area contributed by atoms with E-state index in [0.29, 0.717) is 12.2 Å². The maximum atomic E-state index is 11.7. The molecule has 3 heteroatoms. The second-order valence-electron chi connectivity index (χ2n) is 3.67. The normalized spacial score (nSPS) is 25.1. The van der Waals surface area contributed by atoms with Gasteiger partial charge in [0, 0.05) is 6.42 Å². The maximum absolute atomic E-state index is 11.7. The minimum absolute atomic E-state index is 0.0117. The largest absolute Gasteiger partial charge is 0.456 e. The number of benzene rings is 1. The molecular formula is C12H14O3. The summed E-state index contributed by atoms with van der Waals surface area (Å²) in [6.07, 6.45) is 0.704. The molecule has 1 aliphatic heterocycles. The molecule has 1 heterocycles. The number of hydrogen-bond acceptors (Lipinski definition) is 3. The standard InChI is InChI=1S/C12H14O3/c1-9-11(7-8-14-9)15-12(13)10-5-3-2-4-6-10/h2-6,9,11H,7-8H2,1H3. The van der Waals surface area contributed by atoms with Gasteiger partial charge in [0.2, 0.25) is 0 Å². The van der Waals surface area contributed by atoms with Crippen molar-refractivity contribution < 1.29 is 14.3 Å². The molecule has 1 saturated heterocycles. The Morgan fingerprint density at radius 2 is 2.13 bits per heavy atom. The van der Waals surface area contributed by atoms with Crippen molar-refractivity contribution in [3.05, 3.63) is 35.9 Å². The Labute approximate surface area is 89.0 Å². The zero-order chi connectivity index (χ0) is 10.7. The van der Waals surface area contributed by atoms with E-state index in [2.05, 4.69) is 0 Å². The lowest BCUT2D eigenvalue weighted by atomic mass is 10.2. The van der Waals surface area contributed by atoms with E-state index in [1.165, 1.54) is 0 Å². The van der Waals surface area contributed by atoms with Gasteiger partial charge in [-0.15, -0.1) is 0 Å². The molecule has 0 aliphatic carbocycles. The zero-order valence-electron chi connectivity index (χ0n) is 8.68. The molecule has 0 N–H and O–H groups in total. The Bertz CT molecular complexity index is 334. The summed E-state index contributed by atoms with van der Waals surface area (Å²) in [7, 11) is 0. The predicted octanol–water partition coefficient (Wildman–Crippen LogP) is 2.02. The Balaban J connectivity index is 1.98. The van der Waals surface area contributed by atoms with Crippen molar-refractivity contribution in [2.75, 3.05) is 6.61 Å². The van der Waals surface area contributed by atoms with Gasteiger partial charge in [0.25, 0.3) is 0 Å². The molecule has 0 amide bonds. The lowest BCUT2D eigenvalue weighted by Gasteiger charge is -2.14. The zero-order valence-corrected chi connectivity index (χ0v) is 8.68. The molecule has 1 aromatic carbocycles. The molecule has 2 atom stereocenters. The minimum atomic E-state index is -0.266. The highest BCUT2D eigenvalue weighted by molar-refractivity contribution is 5.89. The van der Waals surface area contributed by atoms with Crippen molar-refractivity contribution in [1.29, 1.82) is 0 Å². The molecule has 1 aromatic rings. The summed E-state index contributed by atoms with van der Waals surface area (Å²) in [6.45, 7) is 2.60. The van der Waals surface area contributed by atoms with Gasteiger partial charge in [-0.2, -0.15) is 0 Å². The maximum Gasteiger partial charge on any atom is 0.338 e. The van der Waals surface area contributed by atoms with Crippen LogP contribution in [0.1, 0.15) is 23.7 Å². The molecule has 15 heavy (non-hydrogen) atoms. The predicted molar refractivity (Wildman–Crippen MR) is 55.7 cm³/mol. The lowest BCUT2D eigenvalue weighted by Crippen LogP contribution is -2.24. The molecule has 0 aromatic heterocycles. The van der Waals surface area contributed by atoms with E-state index in [0.717, 1.165) is 6.42 Å². The Kier molecular flexibility index (Phi) is 3.02. The van der Waals surface area contributed by atoms with E-state index in [1.54, 1.807) is 12.1 Å². The van der Waals surface area contributed by atoms with E-state index in [4.69, 9.17) is 9.47 Å². The van der Waals surface area contributed by atoms with Gasteiger partial charge in [0.1, 0.15) is 6.10 Å². The van der Waals surface area contributed by atoms with Crippen molar-refractivity contribution >= 4 is 5.97 Å². The van der Waals surface area contributed by atoms with Crippen LogP contribution in [0.4, 0.5) is 0 Å². The topological polar surface area (TPSA) is 35.5 Å². The van der Waals surface area contributed by atoms with Crippen LogP contribution in [0, 0.1) is 0 Å². The molecule has 2 unspecified atom stereocenters. The molecule has 1 aliphatic rings. The molecule has 2 rings (SSSR count). The summed E-state index contributed by atoms with van der Waals surface area (Å²) in [5.41, 5.74) is 0.594. The number of hydrogen-bond donors (Lipinski definition) is 0. The fourth-order valence-electron chi connectivity index (χ4n) is 1.65. The minimum Gasteiger partial charge on any atom is -0.456 e. The molecule has 80 valence electrons. The van der Waals surface area contributed by atoms with Crippen molar-refractivity contribution in [2.24, 2.45) is 0 Å². The fraction of sp³-hybridized carbons (Fsp3) is 0.417. The monoisotopic (exact) mass is 206 g/mol. The third-order valence-corrected chi connectivity index (χ3v) is 2.57. The average molecular weight is 206 g/mol. The Morgan fingerprint density at radius 3 is 2.73 bits per heavy atom. The third kappa shape index (κ3) is 2.36. The van der Waals surface area contributed by atoms with Gasteiger partial charge in [0.05, 0.1) is 18.3 Å². The van der Waals surface area contributed by atoms with Crippen LogP contribution in [0.5, 0.6) is 0 Å². The summed E-state index contributed by atoms with van der Waals surface area (Å²) in [5.74, 6) is -0.266. The van der Waals surface area contributed by atoms with Crippen LogP contribution in [-0.4, -0.2) is 24.8 Å². The Hall–Kier alpha value is -1.35. The fourth-order valence-corrected chi connectivity index (χ4v) is 1.65. The SMILES string of the molecule is CC1OCCC1OC(=O)c1ccccc1. The average Bonchev–Trinajstić information content (AvgIpc) is 2.66. The van der Waals surface area contributed by atoms with Crippen molar-refractivity contribution in [2.45, 2.75) is 25.6 Å². The molecular weight excluding hydrogens is 192 g/mol. The number of esters is 1. The molecule has 0 bridgehead atoms. The van der Waals surface area contributed by atoms with E-state index < -0.39 is 0 Å². The van der Waals surface area contributed by atoms with Crippen LogP contribution < -0.4 is 0 Å². The van der Waals surface area contributed by atoms with Gasteiger partial charge in [0.15, 0.2) is 0 Å². The first kappa shape index (κ1) is 10.2. The number of ether oxygens (including phenoxy) is 2. The van der Waals surface area contributed by atoms with E-state index in [9.17, 15) is 4.79 Å². The van der Waals surface area contributed by atoms with Crippen LogP contribution in [-0.2, 0) is 9.47 Å². The van der Waals surface area contributed by atoms with Gasteiger partial charge >= 0.3 is 5.97 Å². The molecule has 0 radical (unpaired) electrons. The summed E-state index contributed by atoms with van der Waals surface area (Å²) < 4.78 is 10.7. The van der Waals surface area contributed by atoms with Crippen molar-refractivity contribution in [1.82, 2.24) is 0 Å². The summed E-state index contributed by atoms with van der Waals surface area (Å²) in [5, 5.41) is 0. The molecule has 1 fully saturated rings. The summed E-state index contributed by atoms with van der Waals surface area (Å²) >= 11 is 0. The molecule has 0 spiro atoms. The number of carbonyl (C=O) groups excluding carboxylic acids is 1. The van der Waals surface area contributed by atoms with Gasteiger partial charge in [-0.1, -0.05) is 18.2 Å². The van der Waals surface area contributed by atoms with Crippen LogP contribution in [0.3, 0.4) is 0 Å². The van der Waals surface area contributed by atoms with E-state index in [-0.39, 0.29) is 18.2 Å². The third-order valence-electron chi connectivity index (χ3n) is 2.57. The lowest BCUT2D eigenvalue weighted by molar-refractivity contribution is 0.00629. The number of carbonyl (C=O) groups is 1. The van der Waals surface area contributed by atoms with Crippen LogP contribution in [0.25, 0.3) is 0 Å². The summed E-state index contributed by atoms with van der Waals surface area (Å²) in [6, 6.07) is 9.03. The van der Waals surface area contributed by atoms with E-state index >= 15 is 0 Å². The van der Waals surface area contributed by atoms with Gasteiger partial charge in [-0.25, -0.2) is 4.79 Å². The first-order valence-corrected chi connectivity index (χ1v) is 5.15. The quantitative estimate of drug-likeness (QED) is 0.694. The molecule has 3 nitrogen and oxygen atoms in total. The highest BCUT2D eigenvalue weighted by atomic mass is 16.6. The Morgan fingerprint density at radius 1 is 1.40 bits per heavy atom. The van der Waals surface area contributed by atoms with E-state index in [1.807, 2.05) is 25.1 Å². The number of rotatable bonds is 2. The second-order valence-corrected chi connectivity index (χ2v) is 3.67. The van der Waals surface area contributed by atoms with Crippen LogP contribution >= 0.6 is 0 Å². The first-order valence-electron chi connectivity index (χ1n) is 5.15. The van der Waals surface area contributed by atoms with Crippen molar-refractivity contribution in [3.63, 3.8) is 0 Å². The van der Waals surface area contributed by atoms with Gasteiger partial charge in [-0.05, 0) is 19.1 Å². The summed E-state index contributed by atoms with van der Waals surface area (Å²) in [4.78, 5) is 11.7. The molecule has 0 saturated carbocycles. The van der Waals surface area contributed by atoms with Crippen LogP contribution in [0.2, 0.25) is 0 Å². The first-order chi connectivity index (χ1) is 7.27. The second kappa shape index (κ2) is 4.45. The highest BCUT2D eigenvalue weighted by Crippen LogP contribution is 2.17. The van der Waals surface area contributed by atoms with Crippen LogP contribution in [0.15, 0.2) is 30.3 Å². The smallest absolute Gasteiger partial charge is 0.338 e. The van der Waals surface area contributed by atoms with Crippen molar-refractivity contribution in [3.8, 4) is 0 Å².